The molecule has 3 N–H and O–H groups in total. The van der Waals surface area contributed by atoms with E-state index in [-0.39, 0.29) is 11.2 Å². The molecule has 0 bridgehead atoms. The predicted molar refractivity (Wildman–Crippen MR) is 101 cm³/mol. The number of hydrogen-bond donors (Lipinski definition) is 2. The predicted octanol–water partition coefficient (Wildman–Crippen LogP) is 1.90. The summed E-state index contributed by atoms with van der Waals surface area (Å²) in [5, 5.41) is 11.3. The van der Waals surface area contributed by atoms with Gasteiger partial charge >= 0.3 is 0 Å². The highest BCUT2D eigenvalue weighted by atomic mass is 32.2. The Morgan fingerprint density at radius 3 is 2.92 bits per heavy atom. The molecule has 7 nitrogen and oxygen atoms in total. The molecule has 2 atom stereocenters. The number of fused-ring (bicyclic) bond motifs is 1. The van der Waals surface area contributed by atoms with Gasteiger partial charge in [-0.1, -0.05) is 48.6 Å². The zero-order valence-electron chi connectivity index (χ0n) is 13.7. The maximum Gasteiger partial charge on any atom is 0.245 e. The summed E-state index contributed by atoms with van der Waals surface area (Å²) in [4.78, 5) is 16.1. The van der Waals surface area contributed by atoms with Crippen molar-refractivity contribution in [2.45, 2.75) is 11.8 Å². The lowest BCUT2D eigenvalue weighted by atomic mass is 9.89. The minimum absolute atomic E-state index is 0.0846. The van der Waals surface area contributed by atoms with Gasteiger partial charge in [0.05, 0.1) is 11.4 Å². The summed E-state index contributed by atoms with van der Waals surface area (Å²) >= 11 is 1.32. The largest absolute Gasteiger partial charge is 0.366 e. The Labute approximate surface area is 154 Å². The molecular formula is C18H16N6OS. The highest BCUT2D eigenvalue weighted by Crippen LogP contribution is 2.39. The molecule has 0 radical (unpaired) electrons. The third kappa shape index (κ3) is 3.23. The average molecular weight is 364 g/mol. The van der Waals surface area contributed by atoms with E-state index in [1.807, 2.05) is 42.5 Å². The fourth-order valence-corrected chi connectivity index (χ4v) is 3.99. The van der Waals surface area contributed by atoms with E-state index in [9.17, 15) is 4.79 Å². The number of nitrogens with zero attached hydrogens (tertiary/aromatic N) is 4. The van der Waals surface area contributed by atoms with Gasteiger partial charge in [0.2, 0.25) is 5.91 Å². The van der Waals surface area contributed by atoms with Gasteiger partial charge in [-0.3, -0.25) is 4.79 Å². The topological polar surface area (TPSA) is 106 Å². The summed E-state index contributed by atoms with van der Waals surface area (Å²) in [6.07, 6.45) is 7.14. The van der Waals surface area contributed by atoms with Crippen LogP contribution in [0, 0.1) is 5.92 Å². The number of hydrogen-bond acceptors (Lipinski definition) is 7. The van der Waals surface area contributed by atoms with Crippen molar-refractivity contribution < 1.29 is 4.79 Å². The first kappa shape index (κ1) is 16.5. The van der Waals surface area contributed by atoms with Crippen molar-refractivity contribution in [2.24, 2.45) is 16.0 Å². The van der Waals surface area contributed by atoms with Crippen molar-refractivity contribution in [2.75, 3.05) is 5.32 Å². The second-order valence-corrected chi connectivity index (χ2v) is 6.81. The van der Waals surface area contributed by atoms with E-state index in [2.05, 4.69) is 24.9 Å². The number of anilines is 1. The van der Waals surface area contributed by atoms with Crippen LogP contribution in [0.2, 0.25) is 0 Å². The van der Waals surface area contributed by atoms with Crippen LogP contribution in [0.15, 0.2) is 64.7 Å². The van der Waals surface area contributed by atoms with E-state index >= 15 is 0 Å². The van der Waals surface area contributed by atoms with Crippen LogP contribution in [0.25, 0.3) is 0 Å². The lowest BCUT2D eigenvalue weighted by Gasteiger charge is -2.20. The number of allylic oxidation sites excluding steroid dienone is 3. The second-order valence-electron chi connectivity index (χ2n) is 5.90. The van der Waals surface area contributed by atoms with E-state index in [0.717, 1.165) is 5.56 Å². The summed E-state index contributed by atoms with van der Waals surface area (Å²) in [7, 11) is 0. The molecule has 2 aliphatic rings. The van der Waals surface area contributed by atoms with E-state index in [4.69, 9.17) is 5.73 Å². The Morgan fingerprint density at radius 2 is 2.12 bits per heavy atom. The summed E-state index contributed by atoms with van der Waals surface area (Å²) in [5.41, 5.74) is 7.88. The monoisotopic (exact) mass is 364 g/mol. The van der Waals surface area contributed by atoms with Crippen molar-refractivity contribution in [3.05, 3.63) is 71.7 Å². The zero-order valence-corrected chi connectivity index (χ0v) is 14.6. The van der Waals surface area contributed by atoms with Gasteiger partial charge in [-0.15, -0.1) is 5.10 Å². The fraction of sp³-hybridized carbons (Fsp3) is 0.167. The Kier molecular flexibility index (Phi) is 4.49. The second kappa shape index (κ2) is 7.09. The summed E-state index contributed by atoms with van der Waals surface area (Å²) < 4.78 is 4.48. The highest BCUT2D eigenvalue weighted by molar-refractivity contribution is 7.99. The Hall–Kier alpha value is -3.00. The van der Waals surface area contributed by atoms with Gasteiger partial charge < -0.3 is 11.1 Å². The van der Waals surface area contributed by atoms with Crippen LogP contribution >= 0.6 is 11.9 Å². The van der Waals surface area contributed by atoms with Crippen LogP contribution in [-0.4, -0.2) is 32.1 Å². The normalized spacial score (nSPS) is 20.9. The molecule has 0 fully saturated rings. The number of rotatable bonds is 5. The van der Waals surface area contributed by atoms with Gasteiger partial charge in [0.15, 0.2) is 5.82 Å². The van der Waals surface area contributed by atoms with Crippen LogP contribution in [-0.2, 0) is 11.3 Å². The van der Waals surface area contributed by atoms with E-state index in [1.165, 1.54) is 11.9 Å². The molecule has 1 aromatic carbocycles. The third-order valence-electron chi connectivity index (χ3n) is 4.20. The van der Waals surface area contributed by atoms with Crippen molar-refractivity contribution in [1.82, 2.24) is 15.2 Å². The first-order chi connectivity index (χ1) is 12.7. The molecule has 2 aromatic rings. The highest BCUT2D eigenvalue weighted by Gasteiger charge is 2.38. The summed E-state index contributed by atoms with van der Waals surface area (Å²) in [5.74, 6) is 0.572. The molecule has 1 aromatic heterocycles. The minimum Gasteiger partial charge on any atom is -0.366 e. The molecule has 1 amide bonds. The van der Waals surface area contributed by atoms with Crippen LogP contribution in [0.5, 0.6) is 0 Å². The molecule has 2 unspecified atom stereocenters. The molecule has 2 heterocycles. The quantitative estimate of drug-likeness (QED) is 0.785. The molecule has 26 heavy (non-hydrogen) atoms. The number of aromatic nitrogens is 3. The van der Waals surface area contributed by atoms with Gasteiger partial charge in [-0.25, -0.2) is 9.38 Å². The van der Waals surface area contributed by atoms with E-state index < -0.39 is 5.91 Å². The minimum atomic E-state index is -0.425. The Morgan fingerprint density at radius 1 is 1.27 bits per heavy atom. The molecule has 4 rings (SSSR count). The Balaban J connectivity index is 1.51. The van der Waals surface area contributed by atoms with Crippen LogP contribution in [0.1, 0.15) is 11.4 Å². The van der Waals surface area contributed by atoms with Crippen molar-refractivity contribution in [3.8, 4) is 0 Å². The summed E-state index contributed by atoms with van der Waals surface area (Å²) in [6, 6.07) is 10.0. The van der Waals surface area contributed by atoms with Gasteiger partial charge in [-0.05, 0) is 17.5 Å². The molecule has 130 valence electrons. The van der Waals surface area contributed by atoms with Crippen molar-refractivity contribution in [1.29, 1.82) is 0 Å². The third-order valence-corrected chi connectivity index (χ3v) is 5.27. The molecule has 1 aliphatic heterocycles. The van der Waals surface area contributed by atoms with Crippen LogP contribution in [0.3, 0.4) is 0 Å². The average Bonchev–Trinajstić information content (AvgIpc) is 3.11. The van der Waals surface area contributed by atoms with Gasteiger partial charge in [0.1, 0.15) is 11.5 Å². The Bertz CT molecular complexity index is 924. The maximum atomic E-state index is 11.6. The van der Waals surface area contributed by atoms with Gasteiger partial charge in [-0.2, -0.15) is 5.10 Å². The van der Waals surface area contributed by atoms with E-state index in [0.29, 0.717) is 29.5 Å². The van der Waals surface area contributed by atoms with E-state index in [1.54, 1.807) is 12.3 Å². The number of primary amides is 1. The number of carbonyl (C=O) groups excluding carboxylic acids is 1. The lowest BCUT2D eigenvalue weighted by molar-refractivity contribution is -0.114. The van der Waals surface area contributed by atoms with Crippen LogP contribution < -0.4 is 11.1 Å². The molecule has 8 heteroatoms. The first-order valence-corrected chi connectivity index (χ1v) is 8.96. The molecule has 0 saturated heterocycles. The van der Waals surface area contributed by atoms with Gasteiger partial charge in [0.25, 0.3) is 0 Å². The smallest absolute Gasteiger partial charge is 0.245 e. The number of nitrogens with two attached hydrogens (primary N) is 1. The maximum absolute atomic E-state index is 11.6. The molecule has 0 saturated carbocycles. The molecular weight excluding hydrogens is 348 g/mol. The number of nitrogens with one attached hydrogen (secondary N) is 1. The van der Waals surface area contributed by atoms with Gasteiger partial charge in [0, 0.05) is 18.0 Å². The number of benzene rings is 1. The number of carbonyl (C=O) groups is 1. The lowest BCUT2D eigenvalue weighted by Crippen LogP contribution is -2.31. The molecule has 1 aliphatic carbocycles. The number of amides is 1. The fourth-order valence-electron chi connectivity index (χ4n) is 2.90. The van der Waals surface area contributed by atoms with Crippen molar-refractivity contribution in [3.63, 3.8) is 0 Å². The van der Waals surface area contributed by atoms with Crippen molar-refractivity contribution >= 4 is 29.4 Å². The first-order valence-electron chi connectivity index (χ1n) is 8.12. The standard InChI is InChI=1S/C18H16N6OS/c19-17(25)13-8-4-7-12-15(24-26-16(12)13)18-22-14(10-21-23-18)20-9-11-5-2-1-3-6-11/h1-8,10,12,16H,9H2,(H2,19,25)(H,20,22,23). The molecule has 0 spiro atoms. The zero-order chi connectivity index (χ0) is 17.9. The summed E-state index contributed by atoms with van der Waals surface area (Å²) in [6.45, 7) is 0.640. The SMILES string of the molecule is NC(=O)C1=CC=CC2C(c3nncc(NCc4ccccc4)n3)=NSC12. The van der Waals surface area contributed by atoms with Crippen LogP contribution in [0.4, 0.5) is 5.82 Å².